The lowest BCUT2D eigenvalue weighted by Crippen LogP contribution is -2.45. The number of hydrogen-bond donors (Lipinski definition) is 2. The maximum Gasteiger partial charge on any atom is 0.416 e. The third kappa shape index (κ3) is 5.85. The number of nitrogens with one attached hydrogen (secondary N) is 2. The molecule has 0 bridgehead atoms. The quantitative estimate of drug-likeness (QED) is 0.576. The molecule has 162 valence electrons. The van der Waals surface area contributed by atoms with Gasteiger partial charge in [0, 0.05) is 51.7 Å². The highest BCUT2D eigenvalue weighted by Gasteiger charge is 2.31. The zero-order valence-electron chi connectivity index (χ0n) is 17.2. The van der Waals surface area contributed by atoms with Crippen molar-refractivity contribution < 1.29 is 13.2 Å². The molecule has 1 aliphatic rings. The molecule has 3 rings (SSSR count). The Labute approximate surface area is 174 Å². The SMILES string of the molecule is CN=C(NCc1ccccn1)NCc1cc(C(F)(F)F)ccc1N1CCN(C)CC1. The summed E-state index contributed by atoms with van der Waals surface area (Å²) >= 11 is 0. The van der Waals surface area contributed by atoms with E-state index in [1.54, 1.807) is 19.3 Å². The molecule has 1 fully saturated rings. The van der Waals surface area contributed by atoms with Crippen molar-refractivity contribution in [2.75, 3.05) is 45.2 Å². The van der Waals surface area contributed by atoms with Gasteiger partial charge >= 0.3 is 6.18 Å². The van der Waals surface area contributed by atoms with Crippen molar-refractivity contribution in [3.63, 3.8) is 0 Å². The van der Waals surface area contributed by atoms with Crippen molar-refractivity contribution in [1.82, 2.24) is 20.5 Å². The van der Waals surface area contributed by atoms with Crippen LogP contribution in [-0.2, 0) is 19.3 Å². The fourth-order valence-electron chi connectivity index (χ4n) is 3.34. The van der Waals surface area contributed by atoms with Crippen molar-refractivity contribution >= 4 is 11.6 Å². The lowest BCUT2D eigenvalue weighted by atomic mass is 10.1. The van der Waals surface area contributed by atoms with E-state index in [4.69, 9.17) is 0 Å². The number of likely N-dealkylation sites (N-methyl/N-ethyl adjacent to an activating group) is 1. The number of aliphatic imine (C=N–C) groups is 1. The van der Waals surface area contributed by atoms with Gasteiger partial charge in [-0.15, -0.1) is 0 Å². The van der Waals surface area contributed by atoms with E-state index in [-0.39, 0.29) is 6.54 Å². The van der Waals surface area contributed by atoms with Gasteiger partial charge in [0.1, 0.15) is 0 Å². The van der Waals surface area contributed by atoms with Crippen LogP contribution in [0.3, 0.4) is 0 Å². The Hall–Kier alpha value is -2.81. The lowest BCUT2D eigenvalue weighted by molar-refractivity contribution is -0.137. The van der Waals surface area contributed by atoms with E-state index < -0.39 is 11.7 Å². The summed E-state index contributed by atoms with van der Waals surface area (Å²) in [4.78, 5) is 12.8. The predicted octanol–water partition coefficient (Wildman–Crippen LogP) is 2.72. The van der Waals surface area contributed by atoms with Crippen LogP contribution in [0.5, 0.6) is 0 Å². The molecule has 1 aromatic carbocycles. The van der Waals surface area contributed by atoms with Gasteiger partial charge in [0.25, 0.3) is 0 Å². The minimum Gasteiger partial charge on any atom is -0.369 e. The van der Waals surface area contributed by atoms with Crippen LogP contribution in [0, 0.1) is 0 Å². The molecule has 30 heavy (non-hydrogen) atoms. The first-order valence-corrected chi connectivity index (χ1v) is 9.85. The maximum atomic E-state index is 13.3. The highest BCUT2D eigenvalue weighted by molar-refractivity contribution is 5.79. The first kappa shape index (κ1) is 21.9. The summed E-state index contributed by atoms with van der Waals surface area (Å²) in [7, 11) is 3.67. The number of anilines is 1. The summed E-state index contributed by atoms with van der Waals surface area (Å²) in [5.74, 6) is 0.502. The van der Waals surface area contributed by atoms with Crippen molar-refractivity contribution in [3.05, 3.63) is 59.4 Å². The topological polar surface area (TPSA) is 55.8 Å². The molecular formula is C21H27F3N6. The van der Waals surface area contributed by atoms with Crippen LogP contribution < -0.4 is 15.5 Å². The Morgan fingerprint density at radius 3 is 2.43 bits per heavy atom. The molecule has 0 radical (unpaired) electrons. The van der Waals surface area contributed by atoms with Gasteiger partial charge in [-0.3, -0.25) is 9.98 Å². The first-order valence-electron chi connectivity index (χ1n) is 9.85. The Morgan fingerprint density at radius 1 is 1.07 bits per heavy atom. The van der Waals surface area contributed by atoms with Crippen molar-refractivity contribution in [2.24, 2.45) is 4.99 Å². The van der Waals surface area contributed by atoms with Crippen LogP contribution in [0.1, 0.15) is 16.8 Å². The first-order chi connectivity index (χ1) is 14.4. The van der Waals surface area contributed by atoms with Crippen molar-refractivity contribution in [2.45, 2.75) is 19.3 Å². The second-order valence-corrected chi connectivity index (χ2v) is 7.23. The van der Waals surface area contributed by atoms with Crippen LogP contribution in [0.2, 0.25) is 0 Å². The Kier molecular flexibility index (Phi) is 7.15. The van der Waals surface area contributed by atoms with Crippen LogP contribution in [0.4, 0.5) is 18.9 Å². The van der Waals surface area contributed by atoms with E-state index in [2.05, 4.69) is 30.4 Å². The molecule has 0 aliphatic carbocycles. The van der Waals surface area contributed by atoms with Gasteiger partial charge in [0.2, 0.25) is 0 Å². The fourth-order valence-corrected chi connectivity index (χ4v) is 3.34. The van der Waals surface area contributed by atoms with Crippen molar-refractivity contribution in [3.8, 4) is 0 Å². The van der Waals surface area contributed by atoms with E-state index in [0.29, 0.717) is 18.1 Å². The van der Waals surface area contributed by atoms with Crippen LogP contribution >= 0.6 is 0 Å². The fraction of sp³-hybridized carbons (Fsp3) is 0.429. The molecule has 2 N–H and O–H groups in total. The van der Waals surface area contributed by atoms with Gasteiger partial charge in [0.05, 0.1) is 17.8 Å². The molecule has 2 aromatic rings. The number of aromatic nitrogens is 1. The molecule has 0 spiro atoms. The molecular weight excluding hydrogens is 393 g/mol. The zero-order chi connectivity index (χ0) is 21.6. The highest BCUT2D eigenvalue weighted by Crippen LogP contribution is 2.33. The Balaban J connectivity index is 1.73. The maximum absolute atomic E-state index is 13.3. The minimum absolute atomic E-state index is 0.230. The normalized spacial score (nSPS) is 15.9. The van der Waals surface area contributed by atoms with Crippen LogP contribution in [0.15, 0.2) is 47.6 Å². The number of benzene rings is 1. The highest BCUT2D eigenvalue weighted by atomic mass is 19.4. The van der Waals surface area contributed by atoms with E-state index in [9.17, 15) is 13.2 Å². The van der Waals surface area contributed by atoms with Crippen molar-refractivity contribution in [1.29, 1.82) is 0 Å². The van der Waals surface area contributed by atoms with Gasteiger partial charge in [-0.25, -0.2) is 0 Å². The summed E-state index contributed by atoms with van der Waals surface area (Å²) in [6.07, 6.45) is -2.67. The zero-order valence-corrected chi connectivity index (χ0v) is 17.2. The average molecular weight is 420 g/mol. The van der Waals surface area contributed by atoms with Gasteiger partial charge in [-0.1, -0.05) is 6.07 Å². The molecule has 0 amide bonds. The van der Waals surface area contributed by atoms with Gasteiger partial charge < -0.3 is 20.4 Å². The molecule has 0 saturated carbocycles. The van der Waals surface area contributed by atoms with Gasteiger partial charge in [-0.05, 0) is 42.9 Å². The number of guanidine groups is 1. The monoisotopic (exact) mass is 420 g/mol. The summed E-state index contributed by atoms with van der Waals surface area (Å²) in [6, 6.07) is 9.58. The van der Waals surface area contributed by atoms with Crippen LogP contribution in [0.25, 0.3) is 0 Å². The smallest absolute Gasteiger partial charge is 0.369 e. The summed E-state index contributed by atoms with van der Waals surface area (Å²) in [5, 5.41) is 6.27. The van der Waals surface area contributed by atoms with Gasteiger partial charge in [-0.2, -0.15) is 13.2 Å². The number of rotatable bonds is 5. The molecule has 6 nitrogen and oxygen atoms in total. The lowest BCUT2D eigenvalue weighted by Gasteiger charge is -2.35. The van der Waals surface area contributed by atoms with E-state index >= 15 is 0 Å². The minimum atomic E-state index is -4.38. The molecule has 0 unspecified atom stereocenters. The van der Waals surface area contributed by atoms with E-state index in [1.165, 1.54) is 6.07 Å². The number of nitrogens with zero attached hydrogens (tertiary/aromatic N) is 4. The molecule has 1 saturated heterocycles. The number of pyridine rings is 1. The molecule has 0 atom stereocenters. The third-order valence-electron chi connectivity index (χ3n) is 5.08. The number of hydrogen-bond acceptors (Lipinski definition) is 4. The molecule has 1 aliphatic heterocycles. The average Bonchev–Trinajstić information content (AvgIpc) is 2.74. The standard InChI is InChI=1S/C21H27F3N6/c1-25-20(28-15-18-5-3-4-8-26-18)27-14-16-13-17(21(22,23)24)6-7-19(16)30-11-9-29(2)10-12-30/h3-8,13H,9-12,14-15H2,1-2H3,(H2,25,27,28). The van der Waals surface area contributed by atoms with E-state index in [0.717, 1.165) is 43.6 Å². The summed E-state index contributed by atoms with van der Waals surface area (Å²) < 4.78 is 39.8. The van der Waals surface area contributed by atoms with E-state index in [1.807, 2.05) is 25.2 Å². The second kappa shape index (κ2) is 9.80. The van der Waals surface area contributed by atoms with Gasteiger partial charge in [0.15, 0.2) is 5.96 Å². The molecule has 9 heteroatoms. The number of halogens is 3. The summed E-state index contributed by atoms with van der Waals surface area (Å²) in [6.45, 7) is 4.01. The largest absolute Gasteiger partial charge is 0.416 e. The predicted molar refractivity (Wildman–Crippen MR) is 112 cm³/mol. The molecule has 1 aromatic heterocycles. The Morgan fingerprint density at radius 2 is 1.80 bits per heavy atom. The summed E-state index contributed by atoms with van der Waals surface area (Å²) in [5.41, 5.74) is 1.62. The second-order valence-electron chi connectivity index (χ2n) is 7.23. The van der Waals surface area contributed by atoms with Crippen LogP contribution in [-0.4, -0.2) is 56.1 Å². The molecule has 2 heterocycles. The number of piperazine rings is 1. The Bertz CT molecular complexity index is 846. The third-order valence-corrected chi connectivity index (χ3v) is 5.08. The number of alkyl halides is 3.